The molecule has 1 aromatic heterocycles. The van der Waals surface area contributed by atoms with Crippen LogP contribution in [0.4, 0.5) is 22.0 Å². The molecule has 108 valence electrons. The fourth-order valence-electron chi connectivity index (χ4n) is 1.79. The zero-order chi connectivity index (χ0) is 15.0. The Kier molecular flexibility index (Phi) is 4.31. The predicted molar refractivity (Wildman–Crippen MR) is 66.5 cm³/mol. The normalized spacial score (nSPS) is 12.8. The third kappa shape index (κ3) is 2.30. The van der Waals surface area contributed by atoms with Gasteiger partial charge in [-0.15, -0.1) is 11.3 Å². The van der Waals surface area contributed by atoms with Crippen molar-refractivity contribution in [3.05, 3.63) is 56.0 Å². The zero-order valence-electron chi connectivity index (χ0n) is 9.91. The molecular formula is C12H7ClF5NS. The highest BCUT2D eigenvalue weighted by Crippen LogP contribution is 2.36. The van der Waals surface area contributed by atoms with Crippen LogP contribution in [0.2, 0.25) is 5.02 Å². The Morgan fingerprint density at radius 3 is 1.90 bits per heavy atom. The Morgan fingerprint density at radius 2 is 1.50 bits per heavy atom. The van der Waals surface area contributed by atoms with Gasteiger partial charge in [0.05, 0.1) is 16.6 Å². The molecule has 0 aliphatic carbocycles. The lowest BCUT2D eigenvalue weighted by atomic mass is 10.0. The van der Waals surface area contributed by atoms with Gasteiger partial charge in [-0.1, -0.05) is 11.6 Å². The van der Waals surface area contributed by atoms with Gasteiger partial charge in [-0.25, -0.2) is 22.0 Å². The standard InChI is InChI=1S/C12H7ClF5NS/c1-19-11(12-4(13)2-3-20-12)5-6(14)8(16)10(18)9(17)7(5)15/h2-3,11,19H,1H3. The summed E-state index contributed by atoms with van der Waals surface area (Å²) in [6.07, 6.45) is 0. The van der Waals surface area contributed by atoms with E-state index in [1.54, 1.807) is 5.38 Å². The second-order valence-corrected chi connectivity index (χ2v) is 5.19. The summed E-state index contributed by atoms with van der Waals surface area (Å²) in [6.45, 7) is 0. The molecule has 0 radical (unpaired) electrons. The molecule has 1 heterocycles. The highest BCUT2D eigenvalue weighted by atomic mass is 35.5. The first-order valence-electron chi connectivity index (χ1n) is 5.31. The van der Waals surface area contributed by atoms with E-state index in [-0.39, 0.29) is 9.90 Å². The topological polar surface area (TPSA) is 12.0 Å². The van der Waals surface area contributed by atoms with Gasteiger partial charge in [0.1, 0.15) is 0 Å². The highest BCUT2D eigenvalue weighted by Gasteiger charge is 2.31. The molecule has 0 aliphatic rings. The molecule has 20 heavy (non-hydrogen) atoms. The summed E-state index contributed by atoms with van der Waals surface area (Å²) in [7, 11) is 1.33. The summed E-state index contributed by atoms with van der Waals surface area (Å²) >= 11 is 6.89. The molecule has 0 bridgehead atoms. The highest BCUT2D eigenvalue weighted by molar-refractivity contribution is 7.10. The molecular weight excluding hydrogens is 321 g/mol. The lowest BCUT2D eigenvalue weighted by molar-refractivity contribution is 0.364. The van der Waals surface area contributed by atoms with Crippen molar-refractivity contribution in [1.82, 2.24) is 5.32 Å². The lowest BCUT2D eigenvalue weighted by Gasteiger charge is -2.18. The van der Waals surface area contributed by atoms with Gasteiger partial charge in [0.2, 0.25) is 5.82 Å². The van der Waals surface area contributed by atoms with E-state index in [0.717, 1.165) is 11.3 Å². The van der Waals surface area contributed by atoms with Crippen molar-refractivity contribution in [1.29, 1.82) is 0 Å². The molecule has 1 aromatic carbocycles. The fourth-order valence-corrected chi connectivity index (χ4v) is 3.08. The molecule has 8 heteroatoms. The van der Waals surface area contributed by atoms with E-state index in [2.05, 4.69) is 5.32 Å². The largest absolute Gasteiger partial charge is 0.308 e. The van der Waals surface area contributed by atoms with Crippen molar-refractivity contribution in [3.63, 3.8) is 0 Å². The fraction of sp³-hybridized carbons (Fsp3) is 0.167. The van der Waals surface area contributed by atoms with Crippen LogP contribution in [-0.2, 0) is 0 Å². The smallest absolute Gasteiger partial charge is 0.200 e. The average Bonchev–Trinajstić information content (AvgIpc) is 2.85. The van der Waals surface area contributed by atoms with Crippen molar-refractivity contribution in [2.45, 2.75) is 6.04 Å². The quantitative estimate of drug-likeness (QED) is 0.500. The van der Waals surface area contributed by atoms with Gasteiger partial charge < -0.3 is 5.32 Å². The van der Waals surface area contributed by atoms with Gasteiger partial charge in [-0.3, -0.25) is 0 Å². The second-order valence-electron chi connectivity index (χ2n) is 3.84. The summed E-state index contributed by atoms with van der Waals surface area (Å²) in [5, 5.41) is 4.24. The molecule has 1 N–H and O–H groups in total. The van der Waals surface area contributed by atoms with E-state index < -0.39 is 40.7 Å². The monoisotopic (exact) mass is 327 g/mol. The summed E-state index contributed by atoms with van der Waals surface area (Å²) in [5.41, 5.74) is -0.951. The van der Waals surface area contributed by atoms with Crippen LogP contribution in [0.5, 0.6) is 0 Å². The molecule has 1 nitrogen and oxygen atoms in total. The molecule has 0 saturated heterocycles. The van der Waals surface area contributed by atoms with Crippen LogP contribution in [-0.4, -0.2) is 7.05 Å². The minimum Gasteiger partial charge on any atom is -0.308 e. The van der Waals surface area contributed by atoms with Crippen molar-refractivity contribution < 1.29 is 22.0 Å². The van der Waals surface area contributed by atoms with E-state index in [0.29, 0.717) is 0 Å². The zero-order valence-corrected chi connectivity index (χ0v) is 11.5. The number of halogens is 6. The Bertz CT molecular complexity index is 629. The number of rotatable bonds is 3. The van der Waals surface area contributed by atoms with Gasteiger partial charge in [0.15, 0.2) is 23.3 Å². The molecule has 0 aliphatic heterocycles. The number of hydrogen-bond donors (Lipinski definition) is 1. The molecule has 2 rings (SSSR count). The minimum atomic E-state index is -2.18. The van der Waals surface area contributed by atoms with Gasteiger partial charge >= 0.3 is 0 Å². The maximum Gasteiger partial charge on any atom is 0.200 e. The van der Waals surface area contributed by atoms with E-state index in [9.17, 15) is 22.0 Å². The lowest BCUT2D eigenvalue weighted by Crippen LogP contribution is -2.22. The molecule has 0 spiro atoms. The van der Waals surface area contributed by atoms with Gasteiger partial charge in [0, 0.05) is 4.88 Å². The van der Waals surface area contributed by atoms with Crippen LogP contribution < -0.4 is 5.32 Å². The number of hydrogen-bond acceptors (Lipinski definition) is 2. The first-order chi connectivity index (χ1) is 9.40. The van der Waals surface area contributed by atoms with Crippen molar-refractivity contribution in [2.24, 2.45) is 0 Å². The van der Waals surface area contributed by atoms with Gasteiger partial charge in [0.25, 0.3) is 0 Å². The summed E-state index contributed by atoms with van der Waals surface area (Å²) in [4.78, 5) is 0.261. The Balaban J connectivity index is 2.71. The third-order valence-corrected chi connectivity index (χ3v) is 4.15. The number of nitrogens with one attached hydrogen (secondary N) is 1. The Hall–Kier alpha value is -1.18. The molecule has 0 amide bonds. The summed E-state index contributed by atoms with van der Waals surface area (Å²) in [5.74, 6) is -9.88. The van der Waals surface area contributed by atoms with Gasteiger partial charge in [-0.2, -0.15) is 0 Å². The summed E-state index contributed by atoms with van der Waals surface area (Å²) < 4.78 is 67.0. The third-order valence-electron chi connectivity index (χ3n) is 2.73. The SMILES string of the molecule is CNC(c1sccc1Cl)c1c(F)c(F)c(F)c(F)c1F. The first kappa shape index (κ1) is 15.2. The van der Waals surface area contributed by atoms with Crippen molar-refractivity contribution >= 4 is 22.9 Å². The Labute approximate surface area is 120 Å². The maximum absolute atomic E-state index is 13.8. The van der Waals surface area contributed by atoms with E-state index in [1.165, 1.54) is 13.1 Å². The number of benzene rings is 1. The Morgan fingerprint density at radius 1 is 1.00 bits per heavy atom. The van der Waals surface area contributed by atoms with Crippen LogP contribution in [0.3, 0.4) is 0 Å². The van der Waals surface area contributed by atoms with Crippen molar-refractivity contribution in [2.75, 3.05) is 7.05 Å². The van der Waals surface area contributed by atoms with Crippen LogP contribution >= 0.6 is 22.9 Å². The molecule has 1 atom stereocenters. The average molecular weight is 328 g/mol. The number of thiophene rings is 1. The molecule has 0 fully saturated rings. The second kappa shape index (κ2) is 5.67. The van der Waals surface area contributed by atoms with Crippen LogP contribution in [0, 0.1) is 29.1 Å². The molecule has 1 unspecified atom stereocenters. The van der Waals surface area contributed by atoms with Crippen LogP contribution in [0.15, 0.2) is 11.4 Å². The van der Waals surface area contributed by atoms with E-state index in [1.807, 2.05) is 0 Å². The minimum absolute atomic E-state index is 0.179. The predicted octanol–water partition coefficient (Wildman–Crippen LogP) is 4.41. The first-order valence-corrected chi connectivity index (χ1v) is 6.57. The van der Waals surface area contributed by atoms with E-state index in [4.69, 9.17) is 11.6 Å². The van der Waals surface area contributed by atoms with Crippen LogP contribution in [0.25, 0.3) is 0 Å². The van der Waals surface area contributed by atoms with E-state index >= 15 is 0 Å². The molecule has 2 aromatic rings. The molecule has 0 saturated carbocycles. The van der Waals surface area contributed by atoms with Crippen LogP contribution in [0.1, 0.15) is 16.5 Å². The summed E-state index contributed by atoms with van der Waals surface area (Å²) in [6, 6.07) is 0.241. The van der Waals surface area contributed by atoms with Crippen molar-refractivity contribution in [3.8, 4) is 0 Å². The maximum atomic E-state index is 13.8. The van der Waals surface area contributed by atoms with Gasteiger partial charge in [-0.05, 0) is 18.5 Å².